The Balaban J connectivity index is 1.30. The molecule has 11 heteroatoms. The number of nitrogens with zero attached hydrogens (tertiary/aromatic N) is 4. The monoisotopic (exact) mass is 495 g/mol. The summed E-state index contributed by atoms with van der Waals surface area (Å²) < 4.78 is 41.5. The van der Waals surface area contributed by atoms with Gasteiger partial charge in [0, 0.05) is 31.2 Å². The minimum Gasteiger partial charge on any atom is -0.392 e. The van der Waals surface area contributed by atoms with E-state index in [1.807, 2.05) is 0 Å². The minimum absolute atomic E-state index is 0.0947. The van der Waals surface area contributed by atoms with Crippen molar-refractivity contribution in [2.45, 2.75) is 24.0 Å². The molecular formula is C24H22FN5O4S. The van der Waals surface area contributed by atoms with E-state index in [0.717, 1.165) is 5.56 Å². The molecule has 35 heavy (non-hydrogen) atoms. The summed E-state index contributed by atoms with van der Waals surface area (Å²) in [4.78, 5) is 17.2. The number of aliphatic hydroxyl groups is 1. The summed E-state index contributed by atoms with van der Waals surface area (Å²) in [6, 6.07) is 12.1. The van der Waals surface area contributed by atoms with E-state index in [2.05, 4.69) is 15.4 Å². The second-order valence-corrected chi connectivity index (χ2v) is 10.2. The van der Waals surface area contributed by atoms with Gasteiger partial charge in [-0.3, -0.25) is 9.78 Å². The number of carbonyl (C=O) groups excluding carboxylic acids is 1. The van der Waals surface area contributed by atoms with Crippen LogP contribution in [0.3, 0.4) is 0 Å². The zero-order valence-electron chi connectivity index (χ0n) is 18.5. The third kappa shape index (κ3) is 4.53. The Morgan fingerprint density at radius 2 is 1.83 bits per heavy atom. The number of hydrogen-bond acceptors (Lipinski definition) is 6. The molecule has 1 aliphatic rings. The Labute approximate surface area is 200 Å². The number of β-amino-alcohol motifs (C(OH)–C–C–N with tert-alkyl or cyclic N) is 1. The molecule has 0 radical (unpaired) electrons. The highest BCUT2D eigenvalue weighted by molar-refractivity contribution is 7.89. The van der Waals surface area contributed by atoms with Crippen LogP contribution in [-0.4, -0.2) is 57.7 Å². The van der Waals surface area contributed by atoms with Crippen molar-refractivity contribution in [3.63, 3.8) is 0 Å². The number of pyridine rings is 1. The first-order valence-electron chi connectivity index (χ1n) is 11.0. The van der Waals surface area contributed by atoms with Crippen LogP contribution in [0.2, 0.25) is 0 Å². The summed E-state index contributed by atoms with van der Waals surface area (Å²) in [5, 5.41) is 17.4. The molecule has 2 N–H and O–H groups in total. The van der Waals surface area contributed by atoms with Gasteiger partial charge >= 0.3 is 0 Å². The van der Waals surface area contributed by atoms with E-state index in [1.165, 1.54) is 34.8 Å². The Morgan fingerprint density at radius 3 is 2.51 bits per heavy atom. The van der Waals surface area contributed by atoms with Gasteiger partial charge in [0.1, 0.15) is 5.82 Å². The van der Waals surface area contributed by atoms with Gasteiger partial charge in [-0.1, -0.05) is 12.1 Å². The fourth-order valence-electron chi connectivity index (χ4n) is 4.05. The number of aliphatic hydroxyl groups excluding tert-OH is 1. The number of fused-ring (bicyclic) bond motifs is 1. The van der Waals surface area contributed by atoms with Crippen LogP contribution in [0.4, 0.5) is 4.39 Å². The van der Waals surface area contributed by atoms with Crippen molar-refractivity contribution < 1.29 is 22.7 Å². The van der Waals surface area contributed by atoms with Crippen LogP contribution in [0.15, 0.2) is 72.0 Å². The van der Waals surface area contributed by atoms with Crippen LogP contribution in [0, 0.1) is 5.82 Å². The summed E-state index contributed by atoms with van der Waals surface area (Å²) >= 11 is 0. The minimum atomic E-state index is -3.66. The van der Waals surface area contributed by atoms with Crippen molar-refractivity contribution in [1.82, 2.24) is 24.4 Å². The third-order valence-electron chi connectivity index (χ3n) is 5.95. The summed E-state index contributed by atoms with van der Waals surface area (Å²) in [6.45, 7) is 0.570. The normalized spacial score (nSPS) is 16.6. The van der Waals surface area contributed by atoms with Gasteiger partial charge in [0.15, 0.2) is 0 Å². The molecule has 0 aliphatic carbocycles. The highest BCUT2D eigenvalue weighted by atomic mass is 32.2. The van der Waals surface area contributed by atoms with Gasteiger partial charge in [-0.2, -0.15) is 9.40 Å². The van der Waals surface area contributed by atoms with Gasteiger partial charge < -0.3 is 10.4 Å². The molecule has 4 aromatic rings. The number of amides is 1. The van der Waals surface area contributed by atoms with Crippen molar-refractivity contribution >= 4 is 26.8 Å². The van der Waals surface area contributed by atoms with Gasteiger partial charge in [-0.05, 0) is 48.4 Å². The lowest BCUT2D eigenvalue weighted by molar-refractivity contribution is 0.0952. The number of hydrogen-bond donors (Lipinski definition) is 2. The summed E-state index contributed by atoms with van der Waals surface area (Å²) in [6.07, 6.45) is 4.38. The Morgan fingerprint density at radius 1 is 1.09 bits per heavy atom. The number of aromatic nitrogens is 3. The van der Waals surface area contributed by atoms with E-state index < -0.39 is 16.1 Å². The molecule has 0 saturated carbocycles. The molecule has 0 spiro atoms. The largest absolute Gasteiger partial charge is 0.392 e. The molecule has 180 valence electrons. The van der Waals surface area contributed by atoms with E-state index in [1.54, 1.807) is 41.3 Å². The van der Waals surface area contributed by atoms with E-state index in [-0.39, 0.29) is 29.7 Å². The molecule has 1 amide bonds. The van der Waals surface area contributed by atoms with Gasteiger partial charge in [0.25, 0.3) is 5.91 Å². The van der Waals surface area contributed by atoms with Crippen molar-refractivity contribution in [2.75, 3.05) is 13.1 Å². The summed E-state index contributed by atoms with van der Waals surface area (Å²) in [5.41, 5.74) is 2.30. The molecule has 2 aromatic carbocycles. The van der Waals surface area contributed by atoms with Crippen LogP contribution in [0.5, 0.6) is 0 Å². The second-order valence-electron chi connectivity index (χ2n) is 8.28. The number of carbonyl (C=O) groups is 1. The maximum absolute atomic E-state index is 13.3. The quantitative estimate of drug-likeness (QED) is 0.424. The number of nitrogens with one attached hydrogen (secondary N) is 1. The van der Waals surface area contributed by atoms with Crippen molar-refractivity contribution in [1.29, 1.82) is 0 Å². The average Bonchev–Trinajstić information content (AvgIpc) is 3.50. The first-order valence-corrected chi connectivity index (χ1v) is 12.4. The smallest absolute Gasteiger partial charge is 0.253 e. The molecule has 9 nitrogen and oxygen atoms in total. The van der Waals surface area contributed by atoms with Crippen molar-refractivity contribution in [3.8, 4) is 5.69 Å². The van der Waals surface area contributed by atoms with Crippen LogP contribution >= 0.6 is 0 Å². The van der Waals surface area contributed by atoms with E-state index in [0.29, 0.717) is 35.1 Å². The van der Waals surface area contributed by atoms with Crippen molar-refractivity contribution in [3.05, 3.63) is 84.1 Å². The third-order valence-corrected chi connectivity index (χ3v) is 7.83. The SMILES string of the molecule is O=C(NCc1ccc(S(=O)(=O)N2CCC(O)C2)cc1)c1cncc2c1cnn2-c1ccc(F)cc1. The second kappa shape index (κ2) is 9.17. The Hall–Kier alpha value is -3.67. The average molecular weight is 496 g/mol. The maximum atomic E-state index is 13.3. The molecule has 1 unspecified atom stereocenters. The highest BCUT2D eigenvalue weighted by Gasteiger charge is 2.31. The zero-order valence-corrected chi connectivity index (χ0v) is 19.3. The number of halogens is 1. The van der Waals surface area contributed by atoms with E-state index in [4.69, 9.17) is 0 Å². The molecule has 1 aliphatic heterocycles. The van der Waals surface area contributed by atoms with Gasteiger partial charge in [0.05, 0.1) is 40.2 Å². The standard InChI is InChI=1S/C24H22FN5O4S/c25-17-3-5-18(6-4-17)30-23-14-26-12-22(21(23)13-28-30)24(32)27-11-16-1-7-20(8-2-16)35(33,34)29-10-9-19(31)15-29/h1-8,12-14,19,31H,9-11,15H2,(H,27,32). The number of sulfonamides is 1. The summed E-state index contributed by atoms with van der Waals surface area (Å²) in [7, 11) is -3.66. The van der Waals surface area contributed by atoms with E-state index >= 15 is 0 Å². The van der Waals surface area contributed by atoms with Gasteiger partial charge in [-0.15, -0.1) is 0 Å². The Kier molecular flexibility index (Phi) is 6.05. The first-order chi connectivity index (χ1) is 16.8. The fraction of sp³-hybridized carbons (Fsp3) is 0.208. The predicted octanol–water partition coefficient (Wildman–Crippen LogP) is 2.24. The van der Waals surface area contributed by atoms with Crippen LogP contribution in [0.1, 0.15) is 22.3 Å². The molecule has 5 rings (SSSR count). The predicted molar refractivity (Wildman–Crippen MR) is 126 cm³/mol. The fourth-order valence-corrected chi connectivity index (χ4v) is 5.54. The van der Waals surface area contributed by atoms with Gasteiger partial charge in [-0.25, -0.2) is 17.5 Å². The van der Waals surface area contributed by atoms with Crippen LogP contribution < -0.4 is 5.32 Å². The van der Waals surface area contributed by atoms with Crippen LogP contribution in [-0.2, 0) is 16.6 Å². The molecule has 1 atom stereocenters. The topological polar surface area (TPSA) is 117 Å². The highest BCUT2D eigenvalue weighted by Crippen LogP contribution is 2.23. The lowest BCUT2D eigenvalue weighted by atomic mass is 10.1. The summed E-state index contributed by atoms with van der Waals surface area (Å²) in [5.74, 6) is -0.714. The van der Waals surface area contributed by atoms with Crippen molar-refractivity contribution in [2.24, 2.45) is 0 Å². The number of rotatable bonds is 6. The lowest BCUT2D eigenvalue weighted by Crippen LogP contribution is -2.29. The van der Waals surface area contributed by atoms with Gasteiger partial charge in [0.2, 0.25) is 10.0 Å². The molecule has 0 bridgehead atoms. The number of benzene rings is 2. The molecule has 2 aromatic heterocycles. The maximum Gasteiger partial charge on any atom is 0.253 e. The van der Waals surface area contributed by atoms with E-state index in [9.17, 15) is 22.7 Å². The van der Waals surface area contributed by atoms with Crippen LogP contribution in [0.25, 0.3) is 16.6 Å². The molecular weight excluding hydrogens is 473 g/mol. The Bertz CT molecular complexity index is 1490. The molecule has 1 fully saturated rings. The zero-order chi connectivity index (χ0) is 24.6. The first kappa shape index (κ1) is 23.1. The molecule has 3 heterocycles. The molecule has 1 saturated heterocycles. The lowest BCUT2D eigenvalue weighted by Gasteiger charge is -2.16.